The van der Waals surface area contributed by atoms with Crippen molar-refractivity contribution in [2.24, 2.45) is 5.92 Å². The zero-order valence-electron chi connectivity index (χ0n) is 9.38. The molecule has 0 saturated carbocycles. The number of hydrogen-bond donors (Lipinski definition) is 1. The Morgan fingerprint density at radius 1 is 1.41 bits per heavy atom. The summed E-state index contributed by atoms with van der Waals surface area (Å²) in [6, 6.07) is 7.21. The topological polar surface area (TPSA) is 35.8 Å². The maximum atomic E-state index is 12.4. The summed E-state index contributed by atoms with van der Waals surface area (Å²) in [6.45, 7) is 2.54. The Morgan fingerprint density at radius 2 is 2.12 bits per heavy atom. The van der Waals surface area contributed by atoms with Gasteiger partial charge in [-0.05, 0) is 18.6 Å². The predicted molar refractivity (Wildman–Crippen MR) is 57.9 cm³/mol. The highest BCUT2D eigenvalue weighted by Gasteiger charge is 2.30. The SMILES string of the molecule is CC(C#N)CNCc1cccc(C(F)(F)F)c1. The van der Waals surface area contributed by atoms with Gasteiger partial charge in [-0.3, -0.25) is 0 Å². The van der Waals surface area contributed by atoms with E-state index in [2.05, 4.69) is 5.32 Å². The molecule has 17 heavy (non-hydrogen) atoms. The lowest BCUT2D eigenvalue weighted by Crippen LogP contribution is -2.20. The van der Waals surface area contributed by atoms with Crippen LogP contribution in [0.4, 0.5) is 13.2 Å². The van der Waals surface area contributed by atoms with Crippen LogP contribution in [0, 0.1) is 17.2 Å². The normalized spacial score (nSPS) is 13.1. The minimum Gasteiger partial charge on any atom is -0.311 e. The third-order valence-corrected chi connectivity index (χ3v) is 2.25. The molecule has 0 aliphatic heterocycles. The van der Waals surface area contributed by atoms with E-state index in [0.717, 1.165) is 12.1 Å². The van der Waals surface area contributed by atoms with Crippen LogP contribution in [-0.4, -0.2) is 6.54 Å². The summed E-state index contributed by atoms with van der Waals surface area (Å²) in [6.07, 6.45) is -4.31. The van der Waals surface area contributed by atoms with Gasteiger partial charge in [0.2, 0.25) is 0 Å². The number of alkyl halides is 3. The van der Waals surface area contributed by atoms with E-state index >= 15 is 0 Å². The number of hydrogen-bond acceptors (Lipinski definition) is 2. The Labute approximate surface area is 98.1 Å². The van der Waals surface area contributed by atoms with E-state index in [0.29, 0.717) is 18.7 Å². The standard InChI is InChI=1S/C12H13F3N2/c1-9(6-16)7-17-8-10-3-2-4-11(5-10)12(13,14)15/h2-5,9,17H,7-8H2,1H3. The van der Waals surface area contributed by atoms with Crippen molar-refractivity contribution in [3.05, 3.63) is 35.4 Å². The van der Waals surface area contributed by atoms with E-state index in [1.54, 1.807) is 13.0 Å². The largest absolute Gasteiger partial charge is 0.416 e. The third-order valence-electron chi connectivity index (χ3n) is 2.25. The van der Waals surface area contributed by atoms with Crippen molar-refractivity contribution in [1.82, 2.24) is 5.32 Å². The van der Waals surface area contributed by atoms with Crippen LogP contribution in [0.3, 0.4) is 0 Å². The van der Waals surface area contributed by atoms with E-state index in [-0.39, 0.29) is 5.92 Å². The minimum absolute atomic E-state index is 0.152. The molecule has 1 N–H and O–H groups in total. The van der Waals surface area contributed by atoms with Gasteiger partial charge < -0.3 is 5.32 Å². The van der Waals surface area contributed by atoms with Gasteiger partial charge in [-0.15, -0.1) is 0 Å². The number of benzene rings is 1. The summed E-state index contributed by atoms with van der Waals surface area (Å²) in [5.41, 5.74) is -0.0879. The van der Waals surface area contributed by atoms with Gasteiger partial charge in [0.05, 0.1) is 17.6 Å². The first-order valence-electron chi connectivity index (χ1n) is 5.20. The molecule has 0 aliphatic carbocycles. The summed E-state index contributed by atoms with van der Waals surface area (Å²) < 4.78 is 37.2. The molecule has 1 unspecified atom stereocenters. The summed E-state index contributed by atoms with van der Waals surface area (Å²) in [7, 11) is 0. The molecule has 1 aromatic rings. The van der Waals surface area contributed by atoms with Gasteiger partial charge in [0.15, 0.2) is 0 Å². The molecule has 5 heteroatoms. The van der Waals surface area contributed by atoms with Crippen molar-refractivity contribution < 1.29 is 13.2 Å². The summed E-state index contributed by atoms with van der Waals surface area (Å²) >= 11 is 0. The highest BCUT2D eigenvalue weighted by Crippen LogP contribution is 2.29. The van der Waals surface area contributed by atoms with E-state index in [1.165, 1.54) is 6.07 Å². The average molecular weight is 242 g/mol. The Balaban J connectivity index is 2.58. The molecular formula is C12H13F3N2. The van der Waals surface area contributed by atoms with Crippen molar-refractivity contribution in [2.45, 2.75) is 19.6 Å². The van der Waals surface area contributed by atoms with Gasteiger partial charge in [-0.2, -0.15) is 18.4 Å². The quantitative estimate of drug-likeness (QED) is 0.881. The van der Waals surface area contributed by atoms with Crippen molar-refractivity contribution in [2.75, 3.05) is 6.54 Å². The number of nitrogens with one attached hydrogen (secondary N) is 1. The molecule has 0 spiro atoms. The minimum atomic E-state index is -4.31. The van der Waals surface area contributed by atoms with E-state index in [1.807, 2.05) is 6.07 Å². The molecule has 1 rings (SSSR count). The number of nitriles is 1. The number of nitrogens with zero attached hydrogens (tertiary/aromatic N) is 1. The molecule has 92 valence electrons. The monoisotopic (exact) mass is 242 g/mol. The molecule has 0 radical (unpaired) electrons. The Hall–Kier alpha value is -1.54. The molecule has 0 aromatic heterocycles. The zero-order chi connectivity index (χ0) is 12.9. The van der Waals surface area contributed by atoms with Crippen LogP contribution in [0.25, 0.3) is 0 Å². The molecule has 0 amide bonds. The van der Waals surface area contributed by atoms with Crippen molar-refractivity contribution >= 4 is 0 Å². The van der Waals surface area contributed by atoms with Gasteiger partial charge in [-0.25, -0.2) is 0 Å². The Bertz CT molecular complexity index is 407. The predicted octanol–water partition coefficient (Wildman–Crippen LogP) is 2.95. The first-order chi connectivity index (χ1) is 7.93. The number of halogens is 3. The average Bonchev–Trinajstić information content (AvgIpc) is 2.28. The maximum absolute atomic E-state index is 12.4. The second kappa shape index (κ2) is 5.69. The summed E-state index contributed by atoms with van der Waals surface area (Å²) in [5.74, 6) is -0.152. The summed E-state index contributed by atoms with van der Waals surface area (Å²) in [5, 5.41) is 11.5. The lowest BCUT2D eigenvalue weighted by atomic mass is 10.1. The van der Waals surface area contributed by atoms with Gasteiger partial charge in [0, 0.05) is 13.1 Å². The molecule has 1 atom stereocenters. The fraction of sp³-hybridized carbons (Fsp3) is 0.417. The van der Waals surface area contributed by atoms with Crippen LogP contribution in [-0.2, 0) is 12.7 Å². The molecule has 0 bridgehead atoms. The lowest BCUT2D eigenvalue weighted by Gasteiger charge is -2.10. The lowest BCUT2D eigenvalue weighted by molar-refractivity contribution is -0.137. The van der Waals surface area contributed by atoms with Crippen molar-refractivity contribution in [3.63, 3.8) is 0 Å². The second-order valence-electron chi connectivity index (χ2n) is 3.86. The molecule has 0 aliphatic rings. The molecule has 0 heterocycles. The van der Waals surface area contributed by atoms with Gasteiger partial charge in [-0.1, -0.05) is 18.2 Å². The van der Waals surface area contributed by atoms with Gasteiger partial charge in [0.25, 0.3) is 0 Å². The first kappa shape index (κ1) is 13.5. The van der Waals surface area contributed by atoms with E-state index in [4.69, 9.17) is 5.26 Å². The van der Waals surface area contributed by atoms with Gasteiger partial charge >= 0.3 is 6.18 Å². The summed E-state index contributed by atoms with van der Waals surface area (Å²) in [4.78, 5) is 0. The van der Waals surface area contributed by atoms with Crippen LogP contribution in [0.2, 0.25) is 0 Å². The number of rotatable bonds is 4. The van der Waals surface area contributed by atoms with Crippen molar-refractivity contribution in [3.8, 4) is 6.07 Å². The highest BCUT2D eigenvalue weighted by atomic mass is 19.4. The van der Waals surface area contributed by atoms with Crippen LogP contribution >= 0.6 is 0 Å². The molecular weight excluding hydrogens is 229 g/mol. The van der Waals surface area contributed by atoms with Crippen LogP contribution in [0.5, 0.6) is 0 Å². The molecule has 1 aromatic carbocycles. The Kier molecular flexibility index (Phi) is 4.53. The van der Waals surface area contributed by atoms with Crippen molar-refractivity contribution in [1.29, 1.82) is 5.26 Å². The molecule has 0 saturated heterocycles. The highest BCUT2D eigenvalue weighted by molar-refractivity contribution is 5.25. The van der Waals surface area contributed by atoms with Crippen LogP contribution < -0.4 is 5.32 Å². The van der Waals surface area contributed by atoms with E-state index in [9.17, 15) is 13.2 Å². The molecule has 0 fully saturated rings. The zero-order valence-corrected chi connectivity index (χ0v) is 9.38. The fourth-order valence-electron chi connectivity index (χ4n) is 1.34. The smallest absolute Gasteiger partial charge is 0.311 e. The van der Waals surface area contributed by atoms with E-state index < -0.39 is 11.7 Å². The Morgan fingerprint density at radius 3 is 2.71 bits per heavy atom. The second-order valence-corrected chi connectivity index (χ2v) is 3.86. The fourth-order valence-corrected chi connectivity index (χ4v) is 1.34. The third kappa shape index (κ3) is 4.45. The van der Waals surface area contributed by atoms with Crippen LogP contribution in [0.1, 0.15) is 18.1 Å². The van der Waals surface area contributed by atoms with Gasteiger partial charge in [0.1, 0.15) is 0 Å². The molecule has 2 nitrogen and oxygen atoms in total. The van der Waals surface area contributed by atoms with Crippen LogP contribution in [0.15, 0.2) is 24.3 Å². The first-order valence-corrected chi connectivity index (χ1v) is 5.20. The maximum Gasteiger partial charge on any atom is 0.416 e.